The van der Waals surface area contributed by atoms with E-state index in [1.165, 1.54) is 0 Å². The van der Waals surface area contributed by atoms with Crippen molar-refractivity contribution in [2.24, 2.45) is 11.7 Å². The van der Waals surface area contributed by atoms with Crippen LogP contribution in [0.15, 0.2) is 0 Å². The van der Waals surface area contributed by atoms with Crippen molar-refractivity contribution in [3.8, 4) is 0 Å². The molecule has 0 aliphatic carbocycles. The number of rotatable bonds is 11. The minimum absolute atomic E-state index is 0.0378. The van der Waals surface area contributed by atoms with Crippen LogP contribution in [-0.2, 0) is 14.2 Å². The average Bonchev–Trinajstić information content (AvgIpc) is 2.32. The molecule has 3 N–H and O–H groups in total. The molecule has 0 radical (unpaired) electrons. The van der Waals surface area contributed by atoms with Gasteiger partial charge >= 0.3 is 0 Å². The van der Waals surface area contributed by atoms with Gasteiger partial charge < -0.3 is 25.1 Å². The number of aliphatic hydroxyl groups is 1. The third-order valence-corrected chi connectivity index (χ3v) is 2.58. The Morgan fingerprint density at radius 2 is 1.82 bits per heavy atom. The maximum absolute atomic E-state index is 9.17. The van der Waals surface area contributed by atoms with E-state index in [1.54, 1.807) is 7.11 Å². The van der Waals surface area contributed by atoms with Gasteiger partial charge in [-0.15, -0.1) is 0 Å². The van der Waals surface area contributed by atoms with Crippen molar-refractivity contribution >= 4 is 0 Å². The largest absolute Gasteiger partial charge is 0.394 e. The van der Waals surface area contributed by atoms with Crippen LogP contribution in [-0.4, -0.2) is 57.4 Å². The van der Waals surface area contributed by atoms with E-state index in [1.807, 2.05) is 13.8 Å². The molecule has 0 aromatic heterocycles. The Balaban J connectivity index is 3.50. The van der Waals surface area contributed by atoms with Crippen molar-refractivity contribution in [3.05, 3.63) is 0 Å². The van der Waals surface area contributed by atoms with Crippen molar-refractivity contribution in [2.75, 3.05) is 40.1 Å². The van der Waals surface area contributed by atoms with Gasteiger partial charge in [0.2, 0.25) is 0 Å². The first-order valence-electron chi connectivity index (χ1n) is 6.18. The first-order valence-corrected chi connectivity index (χ1v) is 6.18. The summed E-state index contributed by atoms with van der Waals surface area (Å²) in [6.07, 6.45) is 0.513. The lowest BCUT2D eigenvalue weighted by Crippen LogP contribution is -2.43. The number of nitrogens with two attached hydrogens (primary N) is 1. The van der Waals surface area contributed by atoms with E-state index in [-0.39, 0.29) is 18.8 Å². The van der Waals surface area contributed by atoms with Gasteiger partial charge in [-0.3, -0.25) is 0 Å². The van der Waals surface area contributed by atoms with Crippen LogP contribution < -0.4 is 5.73 Å². The third-order valence-electron chi connectivity index (χ3n) is 2.58. The van der Waals surface area contributed by atoms with E-state index in [9.17, 15) is 0 Å². The molecule has 0 heterocycles. The lowest BCUT2D eigenvalue weighted by atomic mass is 10.00. The van der Waals surface area contributed by atoms with Gasteiger partial charge in [0.1, 0.15) is 0 Å². The van der Waals surface area contributed by atoms with E-state index in [2.05, 4.69) is 0 Å². The Kier molecular flexibility index (Phi) is 10.8. The van der Waals surface area contributed by atoms with E-state index in [0.717, 1.165) is 6.42 Å². The molecule has 0 aliphatic rings. The summed E-state index contributed by atoms with van der Waals surface area (Å²) in [6, 6.07) is -0.130. The molecule has 5 heteroatoms. The molecule has 0 fully saturated rings. The van der Waals surface area contributed by atoms with Crippen LogP contribution in [0, 0.1) is 5.92 Å². The molecule has 2 unspecified atom stereocenters. The van der Waals surface area contributed by atoms with Crippen LogP contribution in [0.5, 0.6) is 0 Å². The Bertz CT molecular complexity index is 167. The molecular weight excluding hydrogens is 222 g/mol. The summed E-state index contributed by atoms with van der Waals surface area (Å²) >= 11 is 0. The SMILES string of the molecule is COCCOCCCOC(CO)C(N)C(C)C. The minimum atomic E-state index is -0.283. The molecule has 0 rings (SSSR count). The van der Waals surface area contributed by atoms with Gasteiger partial charge in [0.25, 0.3) is 0 Å². The first kappa shape index (κ1) is 16.8. The van der Waals surface area contributed by atoms with Crippen LogP contribution in [0.1, 0.15) is 20.3 Å². The maximum atomic E-state index is 9.17. The summed E-state index contributed by atoms with van der Waals surface area (Å²) < 4.78 is 15.7. The lowest BCUT2D eigenvalue weighted by Gasteiger charge is -2.25. The summed E-state index contributed by atoms with van der Waals surface area (Å²) in [7, 11) is 1.64. The van der Waals surface area contributed by atoms with E-state index in [0.29, 0.717) is 32.3 Å². The first-order chi connectivity index (χ1) is 8.13. The smallest absolute Gasteiger partial charge is 0.0958 e. The Labute approximate surface area is 104 Å². The van der Waals surface area contributed by atoms with Crippen LogP contribution >= 0.6 is 0 Å². The Morgan fingerprint density at radius 3 is 2.35 bits per heavy atom. The van der Waals surface area contributed by atoms with Gasteiger partial charge in [-0.1, -0.05) is 13.8 Å². The van der Waals surface area contributed by atoms with E-state index < -0.39 is 0 Å². The fourth-order valence-corrected chi connectivity index (χ4v) is 1.35. The van der Waals surface area contributed by atoms with Gasteiger partial charge in [0.15, 0.2) is 0 Å². The van der Waals surface area contributed by atoms with Crippen molar-refractivity contribution < 1.29 is 19.3 Å². The van der Waals surface area contributed by atoms with Crippen molar-refractivity contribution in [3.63, 3.8) is 0 Å². The summed E-state index contributed by atoms with van der Waals surface area (Å²) in [5.41, 5.74) is 5.92. The second kappa shape index (κ2) is 10.9. The van der Waals surface area contributed by atoms with Gasteiger partial charge in [-0.2, -0.15) is 0 Å². The highest BCUT2D eigenvalue weighted by Crippen LogP contribution is 2.07. The van der Waals surface area contributed by atoms with Gasteiger partial charge in [0.05, 0.1) is 25.9 Å². The zero-order chi connectivity index (χ0) is 13.1. The zero-order valence-corrected chi connectivity index (χ0v) is 11.2. The van der Waals surface area contributed by atoms with Crippen LogP contribution in [0.4, 0.5) is 0 Å². The van der Waals surface area contributed by atoms with Gasteiger partial charge in [-0.25, -0.2) is 0 Å². The number of hydrogen-bond acceptors (Lipinski definition) is 5. The molecule has 0 saturated heterocycles. The topological polar surface area (TPSA) is 73.9 Å². The second-order valence-electron chi connectivity index (χ2n) is 4.37. The molecule has 0 aliphatic heterocycles. The molecule has 0 saturated carbocycles. The number of hydrogen-bond donors (Lipinski definition) is 2. The predicted molar refractivity (Wildman–Crippen MR) is 67.0 cm³/mol. The third kappa shape index (κ3) is 8.51. The standard InChI is InChI=1S/C12H27NO4/c1-10(2)12(13)11(9-14)17-6-4-5-16-8-7-15-3/h10-12,14H,4-9,13H2,1-3H3. The van der Waals surface area contributed by atoms with Crippen molar-refractivity contribution in [1.29, 1.82) is 0 Å². The Morgan fingerprint density at radius 1 is 1.12 bits per heavy atom. The monoisotopic (exact) mass is 249 g/mol. The summed E-state index contributed by atoms with van der Waals surface area (Å²) in [5, 5.41) is 9.17. The highest BCUT2D eigenvalue weighted by Gasteiger charge is 2.20. The van der Waals surface area contributed by atoms with E-state index >= 15 is 0 Å². The quantitative estimate of drug-likeness (QED) is 0.519. The molecule has 0 aromatic carbocycles. The van der Waals surface area contributed by atoms with Gasteiger partial charge in [-0.05, 0) is 12.3 Å². The number of aliphatic hydroxyl groups excluding tert-OH is 1. The molecular formula is C12H27NO4. The Hall–Kier alpha value is -0.200. The fraction of sp³-hybridized carbons (Fsp3) is 1.00. The maximum Gasteiger partial charge on any atom is 0.0958 e. The van der Waals surface area contributed by atoms with Crippen molar-refractivity contribution in [1.82, 2.24) is 0 Å². The predicted octanol–water partition coefficient (Wildman–Crippen LogP) is 0.400. The normalized spacial score (nSPS) is 15.2. The average molecular weight is 249 g/mol. The lowest BCUT2D eigenvalue weighted by molar-refractivity contribution is -0.0214. The highest BCUT2D eigenvalue weighted by molar-refractivity contribution is 4.75. The molecule has 0 aromatic rings. The second-order valence-corrected chi connectivity index (χ2v) is 4.37. The zero-order valence-electron chi connectivity index (χ0n) is 11.2. The summed E-state index contributed by atoms with van der Waals surface area (Å²) in [5.74, 6) is 0.296. The summed E-state index contributed by atoms with van der Waals surface area (Å²) in [4.78, 5) is 0. The molecule has 17 heavy (non-hydrogen) atoms. The summed E-state index contributed by atoms with van der Waals surface area (Å²) in [6.45, 7) is 6.40. The van der Waals surface area contributed by atoms with Crippen LogP contribution in [0.2, 0.25) is 0 Å². The fourth-order valence-electron chi connectivity index (χ4n) is 1.35. The van der Waals surface area contributed by atoms with Crippen LogP contribution in [0.25, 0.3) is 0 Å². The highest BCUT2D eigenvalue weighted by atomic mass is 16.5. The number of ether oxygens (including phenoxy) is 3. The minimum Gasteiger partial charge on any atom is -0.394 e. The molecule has 0 amide bonds. The van der Waals surface area contributed by atoms with Crippen molar-refractivity contribution in [2.45, 2.75) is 32.4 Å². The van der Waals surface area contributed by atoms with Gasteiger partial charge in [0, 0.05) is 26.4 Å². The molecule has 0 spiro atoms. The molecule has 2 atom stereocenters. The van der Waals surface area contributed by atoms with E-state index in [4.69, 9.17) is 25.1 Å². The number of methoxy groups -OCH3 is 1. The van der Waals surface area contributed by atoms with Crippen LogP contribution in [0.3, 0.4) is 0 Å². The molecule has 5 nitrogen and oxygen atoms in total. The molecule has 104 valence electrons. The molecule has 0 bridgehead atoms.